The molecule has 4 nitrogen and oxygen atoms in total. The number of aromatic nitrogens is 2. The smallest absolute Gasteiger partial charge is 0.149 e. The van der Waals surface area contributed by atoms with Crippen LogP contribution in [0.25, 0.3) is 11.3 Å². The lowest BCUT2D eigenvalue weighted by Gasteiger charge is -2.13. The van der Waals surface area contributed by atoms with Crippen molar-refractivity contribution in [2.45, 2.75) is 26.7 Å². The highest BCUT2D eigenvalue weighted by Crippen LogP contribution is 2.35. The molecule has 0 aliphatic rings. The molecule has 0 amide bonds. The van der Waals surface area contributed by atoms with Crippen molar-refractivity contribution in [3.63, 3.8) is 0 Å². The fraction of sp³-hybridized carbons (Fsp3) is 0.400. The van der Waals surface area contributed by atoms with E-state index in [9.17, 15) is 0 Å². The molecule has 2 rings (SSSR count). The number of rotatable bonds is 3. The average Bonchev–Trinajstić information content (AvgIpc) is 2.62. The van der Waals surface area contributed by atoms with Crippen LogP contribution in [-0.2, 0) is 7.05 Å². The van der Waals surface area contributed by atoms with Crippen LogP contribution in [0, 0.1) is 6.92 Å². The second-order valence-electron chi connectivity index (χ2n) is 5.10. The van der Waals surface area contributed by atoms with Gasteiger partial charge in [-0.1, -0.05) is 19.9 Å². The van der Waals surface area contributed by atoms with E-state index in [1.54, 1.807) is 11.8 Å². The summed E-state index contributed by atoms with van der Waals surface area (Å²) in [6.07, 6.45) is 0. The van der Waals surface area contributed by atoms with Gasteiger partial charge >= 0.3 is 0 Å². The summed E-state index contributed by atoms with van der Waals surface area (Å²) in [7, 11) is 3.59. The molecule has 0 fully saturated rings. The maximum atomic E-state index is 5.88. The van der Waals surface area contributed by atoms with Crippen LogP contribution >= 0.6 is 0 Å². The van der Waals surface area contributed by atoms with Crippen LogP contribution in [0.1, 0.15) is 30.9 Å². The van der Waals surface area contributed by atoms with E-state index in [-0.39, 0.29) is 0 Å². The average molecular weight is 259 g/mol. The molecule has 2 N–H and O–H groups in total. The molecule has 0 spiro atoms. The minimum Gasteiger partial charge on any atom is -0.496 e. The Labute approximate surface area is 114 Å². The Kier molecular flexibility index (Phi) is 3.51. The topological polar surface area (TPSA) is 53.1 Å². The lowest BCUT2D eigenvalue weighted by atomic mass is 9.98. The van der Waals surface area contributed by atoms with Crippen molar-refractivity contribution in [3.8, 4) is 17.0 Å². The van der Waals surface area contributed by atoms with Crippen LogP contribution < -0.4 is 10.5 Å². The molecule has 0 radical (unpaired) electrons. The lowest BCUT2D eigenvalue weighted by Crippen LogP contribution is -1.98. The Morgan fingerprint density at radius 1 is 1.32 bits per heavy atom. The summed E-state index contributed by atoms with van der Waals surface area (Å²) in [4.78, 5) is 0. The van der Waals surface area contributed by atoms with E-state index in [2.05, 4.69) is 37.1 Å². The lowest BCUT2D eigenvalue weighted by molar-refractivity contribution is 0.415. The quantitative estimate of drug-likeness (QED) is 0.921. The van der Waals surface area contributed by atoms with Gasteiger partial charge in [0, 0.05) is 18.2 Å². The van der Waals surface area contributed by atoms with E-state index >= 15 is 0 Å². The number of benzene rings is 1. The Hall–Kier alpha value is -1.97. The van der Waals surface area contributed by atoms with E-state index in [0.717, 1.165) is 22.6 Å². The molecule has 0 saturated carbocycles. The van der Waals surface area contributed by atoms with E-state index < -0.39 is 0 Å². The summed E-state index contributed by atoms with van der Waals surface area (Å²) < 4.78 is 7.33. The summed E-state index contributed by atoms with van der Waals surface area (Å²) in [5.74, 6) is 1.89. The molecule has 1 aromatic carbocycles. The molecule has 0 aliphatic heterocycles. The van der Waals surface area contributed by atoms with Gasteiger partial charge in [0.05, 0.1) is 12.8 Å². The number of hydrogen-bond acceptors (Lipinski definition) is 3. The molecule has 0 unspecified atom stereocenters. The highest BCUT2D eigenvalue weighted by atomic mass is 16.5. The largest absolute Gasteiger partial charge is 0.496 e. The predicted octanol–water partition coefficient (Wildman–Crippen LogP) is 3.11. The van der Waals surface area contributed by atoms with Crippen molar-refractivity contribution in [3.05, 3.63) is 29.3 Å². The molecular formula is C15H21N3O. The summed E-state index contributed by atoms with van der Waals surface area (Å²) in [6, 6.07) is 6.30. The first-order valence-electron chi connectivity index (χ1n) is 6.43. The molecular weight excluding hydrogens is 238 g/mol. The number of ether oxygens (including phenoxy) is 1. The van der Waals surface area contributed by atoms with Crippen molar-refractivity contribution in [1.82, 2.24) is 9.78 Å². The van der Waals surface area contributed by atoms with Crippen LogP contribution in [0.3, 0.4) is 0 Å². The van der Waals surface area contributed by atoms with Crippen LogP contribution in [0.5, 0.6) is 5.75 Å². The maximum absolute atomic E-state index is 5.88. The zero-order valence-electron chi connectivity index (χ0n) is 12.2. The molecule has 2 aromatic rings. The molecule has 1 aromatic heterocycles. The molecule has 0 saturated heterocycles. The molecule has 0 aliphatic carbocycles. The van der Waals surface area contributed by atoms with Gasteiger partial charge in [0.25, 0.3) is 0 Å². The van der Waals surface area contributed by atoms with Gasteiger partial charge in [-0.3, -0.25) is 4.68 Å². The second-order valence-corrected chi connectivity index (χ2v) is 5.10. The first-order chi connectivity index (χ1) is 8.95. The Morgan fingerprint density at radius 2 is 2.00 bits per heavy atom. The Morgan fingerprint density at radius 3 is 2.47 bits per heavy atom. The van der Waals surface area contributed by atoms with E-state index in [1.807, 2.05) is 14.0 Å². The van der Waals surface area contributed by atoms with Gasteiger partial charge in [-0.25, -0.2) is 0 Å². The third kappa shape index (κ3) is 2.30. The Bertz CT molecular complexity index is 600. The van der Waals surface area contributed by atoms with Gasteiger partial charge in [-0.15, -0.1) is 0 Å². The zero-order valence-corrected chi connectivity index (χ0v) is 12.2. The van der Waals surface area contributed by atoms with E-state index in [0.29, 0.717) is 11.7 Å². The van der Waals surface area contributed by atoms with Gasteiger partial charge in [-0.2, -0.15) is 5.10 Å². The molecule has 1 heterocycles. The van der Waals surface area contributed by atoms with Crippen LogP contribution in [0.2, 0.25) is 0 Å². The normalized spacial score (nSPS) is 11.1. The zero-order chi connectivity index (χ0) is 14.2. The van der Waals surface area contributed by atoms with Crippen molar-refractivity contribution < 1.29 is 4.74 Å². The fourth-order valence-electron chi connectivity index (χ4n) is 2.29. The predicted molar refractivity (Wildman–Crippen MR) is 78.4 cm³/mol. The molecule has 19 heavy (non-hydrogen) atoms. The number of aryl methyl sites for hydroxylation is 1. The first-order valence-corrected chi connectivity index (χ1v) is 6.43. The van der Waals surface area contributed by atoms with Gasteiger partial charge < -0.3 is 10.5 Å². The van der Waals surface area contributed by atoms with Gasteiger partial charge in [-0.05, 0) is 30.5 Å². The van der Waals surface area contributed by atoms with Gasteiger partial charge in [0.15, 0.2) is 0 Å². The number of methoxy groups -OCH3 is 1. The monoisotopic (exact) mass is 259 g/mol. The SMILES string of the molecule is COc1cc(C(C)C)ccc1-c1c(C)c(N)nn1C. The summed E-state index contributed by atoms with van der Waals surface area (Å²) in [5, 5.41) is 4.26. The van der Waals surface area contributed by atoms with E-state index in [4.69, 9.17) is 10.5 Å². The molecule has 4 heteroatoms. The maximum Gasteiger partial charge on any atom is 0.149 e. The first kappa shape index (κ1) is 13.5. The van der Waals surface area contributed by atoms with Crippen molar-refractivity contribution in [2.24, 2.45) is 7.05 Å². The van der Waals surface area contributed by atoms with E-state index in [1.165, 1.54) is 5.56 Å². The highest BCUT2D eigenvalue weighted by Gasteiger charge is 2.16. The van der Waals surface area contributed by atoms with Gasteiger partial charge in [0.2, 0.25) is 0 Å². The Balaban J connectivity index is 2.62. The number of hydrogen-bond donors (Lipinski definition) is 1. The van der Waals surface area contributed by atoms with Gasteiger partial charge in [0.1, 0.15) is 11.6 Å². The third-order valence-electron chi connectivity index (χ3n) is 3.47. The summed E-state index contributed by atoms with van der Waals surface area (Å²) in [5.41, 5.74) is 10.1. The minimum absolute atomic E-state index is 0.473. The molecule has 102 valence electrons. The van der Waals surface area contributed by atoms with Crippen molar-refractivity contribution in [1.29, 1.82) is 0 Å². The van der Waals surface area contributed by atoms with Crippen molar-refractivity contribution in [2.75, 3.05) is 12.8 Å². The number of nitrogen functional groups attached to an aromatic ring is 1. The minimum atomic E-state index is 0.473. The molecule has 0 bridgehead atoms. The summed E-state index contributed by atoms with van der Waals surface area (Å²) in [6.45, 7) is 6.32. The van der Waals surface area contributed by atoms with Crippen LogP contribution in [0.4, 0.5) is 5.82 Å². The standard InChI is InChI=1S/C15H21N3O/c1-9(2)11-6-7-12(13(8-11)19-5)14-10(3)15(16)17-18(14)4/h6-9H,1-5H3,(H2,16,17). The van der Waals surface area contributed by atoms with Crippen LogP contribution in [0.15, 0.2) is 18.2 Å². The number of nitrogens with zero attached hydrogens (tertiary/aromatic N) is 2. The number of nitrogens with two attached hydrogens (primary N) is 1. The second kappa shape index (κ2) is 4.96. The number of anilines is 1. The van der Waals surface area contributed by atoms with Crippen molar-refractivity contribution >= 4 is 5.82 Å². The summed E-state index contributed by atoms with van der Waals surface area (Å²) >= 11 is 0. The molecule has 0 atom stereocenters. The highest BCUT2D eigenvalue weighted by molar-refractivity contribution is 5.74. The third-order valence-corrected chi connectivity index (χ3v) is 3.47. The van der Waals surface area contributed by atoms with Crippen LogP contribution in [-0.4, -0.2) is 16.9 Å². The fourth-order valence-corrected chi connectivity index (χ4v) is 2.29.